The number of nitrogens with one attached hydrogen (secondary N) is 1. The van der Waals surface area contributed by atoms with Gasteiger partial charge in [0.15, 0.2) is 0 Å². The van der Waals surface area contributed by atoms with E-state index in [2.05, 4.69) is 46.5 Å². The van der Waals surface area contributed by atoms with Crippen LogP contribution in [-0.4, -0.2) is 34.4 Å². The highest BCUT2D eigenvalue weighted by atomic mass is 16.2. The molecule has 3 rings (SSSR count). The molecule has 0 spiro atoms. The molecule has 0 bridgehead atoms. The van der Waals surface area contributed by atoms with Crippen LogP contribution in [0.25, 0.3) is 0 Å². The van der Waals surface area contributed by atoms with Gasteiger partial charge in [-0.15, -0.1) is 0 Å². The van der Waals surface area contributed by atoms with Crippen LogP contribution >= 0.6 is 0 Å². The molecule has 0 fully saturated rings. The van der Waals surface area contributed by atoms with Crippen LogP contribution in [0, 0.1) is 6.92 Å². The van der Waals surface area contributed by atoms with Crippen LogP contribution in [0.5, 0.6) is 0 Å². The minimum absolute atomic E-state index is 0.00941. The molecule has 5 heteroatoms. The van der Waals surface area contributed by atoms with E-state index in [1.165, 1.54) is 16.7 Å². The fourth-order valence-electron chi connectivity index (χ4n) is 2.73. The molecule has 0 aliphatic rings. The summed E-state index contributed by atoms with van der Waals surface area (Å²) < 4.78 is 0. The molecule has 1 amide bonds. The van der Waals surface area contributed by atoms with Crippen LogP contribution < -0.4 is 5.32 Å². The van der Waals surface area contributed by atoms with Crippen molar-refractivity contribution in [1.29, 1.82) is 0 Å². The molecular weight excluding hydrogens is 336 g/mol. The van der Waals surface area contributed by atoms with Gasteiger partial charge in [-0.1, -0.05) is 29.8 Å². The number of amides is 1. The number of hydrogen-bond acceptors (Lipinski definition) is 4. The number of nitrogens with zero attached hydrogens (tertiary/aromatic N) is 3. The first-order valence-electron chi connectivity index (χ1n) is 9.01. The average molecular weight is 360 g/mol. The second-order valence-electron chi connectivity index (χ2n) is 6.60. The van der Waals surface area contributed by atoms with E-state index in [-0.39, 0.29) is 5.91 Å². The molecule has 3 aromatic rings. The van der Waals surface area contributed by atoms with Crippen LogP contribution in [0.2, 0.25) is 0 Å². The number of carbonyl (C=O) groups excluding carboxylic acids is 1. The fourth-order valence-corrected chi connectivity index (χ4v) is 2.73. The Bertz CT molecular complexity index is 878. The van der Waals surface area contributed by atoms with Gasteiger partial charge in [0, 0.05) is 44.3 Å². The summed E-state index contributed by atoms with van der Waals surface area (Å²) in [5, 5.41) is 3.28. The highest BCUT2D eigenvalue weighted by Gasteiger charge is 2.12. The second-order valence-corrected chi connectivity index (χ2v) is 6.60. The van der Waals surface area contributed by atoms with Crippen molar-refractivity contribution >= 4 is 11.7 Å². The molecular formula is C22H24N4O. The molecule has 0 aliphatic carbocycles. The lowest BCUT2D eigenvalue weighted by atomic mass is 10.1. The van der Waals surface area contributed by atoms with Gasteiger partial charge in [0.05, 0.1) is 0 Å². The number of anilines is 1. The molecule has 1 N–H and O–H groups in total. The van der Waals surface area contributed by atoms with Crippen molar-refractivity contribution in [2.45, 2.75) is 19.9 Å². The van der Waals surface area contributed by atoms with E-state index in [0.29, 0.717) is 24.5 Å². The Kier molecular flexibility index (Phi) is 6.15. The number of rotatable bonds is 7. The van der Waals surface area contributed by atoms with Crippen molar-refractivity contribution in [3.05, 3.63) is 89.4 Å². The fraction of sp³-hybridized carbons (Fsp3) is 0.227. The summed E-state index contributed by atoms with van der Waals surface area (Å²) in [6.45, 7) is 3.39. The Balaban J connectivity index is 1.58. The predicted molar refractivity (Wildman–Crippen MR) is 108 cm³/mol. The van der Waals surface area contributed by atoms with Crippen molar-refractivity contribution in [3.63, 3.8) is 0 Å². The lowest BCUT2D eigenvalue weighted by Gasteiger charge is -2.17. The maximum absolute atomic E-state index is 12.7. The van der Waals surface area contributed by atoms with Crippen molar-refractivity contribution in [2.75, 3.05) is 18.9 Å². The van der Waals surface area contributed by atoms with Crippen LogP contribution in [0.3, 0.4) is 0 Å². The Hall–Kier alpha value is -3.21. The van der Waals surface area contributed by atoms with E-state index in [1.54, 1.807) is 35.6 Å². The quantitative estimate of drug-likeness (QED) is 0.698. The zero-order chi connectivity index (χ0) is 19.1. The van der Waals surface area contributed by atoms with Crippen LogP contribution in [0.4, 0.5) is 5.82 Å². The van der Waals surface area contributed by atoms with Gasteiger partial charge in [-0.25, -0.2) is 4.98 Å². The molecule has 27 heavy (non-hydrogen) atoms. The van der Waals surface area contributed by atoms with E-state index in [0.717, 1.165) is 6.42 Å². The topological polar surface area (TPSA) is 58.1 Å². The molecule has 0 saturated carbocycles. The number of likely N-dealkylation sites (N-methyl/N-ethyl adjacent to an activating group) is 1. The number of carbonyl (C=O) groups is 1. The Morgan fingerprint density at radius 3 is 2.48 bits per heavy atom. The Morgan fingerprint density at radius 2 is 1.74 bits per heavy atom. The summed E-state index contributed by atoms with van der Waals surface area (Å²) in [4.78, 5) is 22.8. The number of aromatic nitrogens is 2. The average Bonchev–Trinajstić information content (AvgIpc) is 2.72. The standard InChI is InChI=1S/C22H24N4O/c1-17-3-5-19(6-4-17)16-25-21-15-20(9-13-24-21)22(27)26(2)14-10-18-7-11-23-12-8-18/h3-9,11-13,15H,10,14,16H2,1-2H3,(H,24,25). The van der Waals surface area contributed by atoms with Gasteiger partial charge in [-0.2, -0.15) is 0 Å². The van der Waals surface area contributed by atoms with Crippen LogP contribution in [-0.2, 0) is 13.0 Å². The number of aryl methyl sites for hydroxylation is 1. The van der Waals surface area contributed by atoms with E-state index in [4.69, 9.17) is 0 Å². The second kappa shape index (κ2) is 8.94. The third-order valence-electron chi connectivity index (χ3n) is 4.43. The molecule has 0 unspecified atom stereocenters. The zero-order valence-corrected chi connectivity index (χ0v) is 15.7. The van der Waals surface area contributed by atoms with Gasteiger partial charge in [0.2, 0.25) is 0 Å². The highest BCUT2D eigenvalue weighted by molar-refractivity contribution is 5.94. The van der Waals surface area contributed by atoms with E-state index in [9.17, 15) is 4.79 Å². The third-order valence-corrected chi connectivity index (χ3v) is 4.43. The molecule has 138 valence electrons. The molecule has 2 heterocycles. The van der Waals surface area contributed by atoms with Crippen molar-refractivity contribution in [1.82, 2.24) is 14.9 Å². The number of hydrogen-bond donors (Lipinski definition) is 1. The molecule has 2 aromatic heterocycles. The zero-order valence-electron chi connectivity index (χ0n) is 15.7. The van der Waals surface area contributed by atoms with Gasteiger partial charge in [-0.05, 0) is 48.7 Å². The van der Waals surface area contributed by atoms with Gasteiger partial charge < -0.3 is 10.2 Å². The molecule has 0 atom stereocenters. The van der Waals surface area contributed by atoms with E-state index in [1.807, 2.05) is 19.2 Å². The summed E-state index contributed by atoms with van der Waals surface area (Å²) >= 11 is 0. The normalized spacial score (nSPS) is 10.4. The first kappa shape index (κ1) is 18.6. The van der Waals surface area contributed by atoms with Gasteiger partial charge in [0.1, 0.15) is 5.82 Å². The third kappa shape index (κ3) is 5.38. The van der Waals surface area contributed by atoms with Gasteiger partial charge >= 0.3 is 0 Å². The summed E-state index contributed by atoms with van der Waals surface area (Å²) in [5.74, 6) is 0.689. The lowest BCUT2D eigenvalue weighted by molar-refractivity contribution is 0.0796. The maximum atomic E-state index is 12.7. The summed E-state index contributed by atoms with van der Waals surface area (Å²) in [6.07, 6.45) is 6.01. The monoisotopic (exact) mass is 360 g/mol. The largest absolute Gasteiger partial charge is 0.366 e. The first-order valence-corrected chi connectivity index (χ1v) is 9.01. The Morgan fingerprint density at radius 1 is 1.00 bits per heavy atom. The maximum Gasteiger partial charge on any atom is 0.253 e. The Labute approximate surface area is 160 Å². The number of pyridine rings is 2. The van der Waals surface area contributed by atoms with E-state index >= 15 is 0 Å². The smallest absolute Gasteiger partial charge is 0.253 e. The molecule has 0 radical (unpaired) electrons. The van der Waals surface area contributed by atoms with Crippen LogP contribution in [0.15, 0.2) is 67.1 Å². The minimum Gasteiger partial charge on any atom is -0.366 e. The van der Waals surface area contributed by atoms with Crippen molar-refractivity contribution < 1.29 is 4.79 Å². The summed E-state index contributed by atoms with van der Waals surface area (Å²) in [5.41, 5.74) is 4.21. The molecule has 0 saturated heterocycles. The van der Waals surface area contributed by atoms with Gasteiger partial charge in [0.25, 0.3) is 5.91 Å². The summed E-state index contributed by atoms with van der Waals surface area (Å²) in [7, 11) is 1.82. The molecule has 1 aromatic carbocycles. The first-order chi connectivity index (χ1) is 13.1. The predicted octanol–water partition coefficient (Wildman–Crippen LogP) is 3.71. The van der Waals surface area contributed by atoms with Crippen molar-refractivity contribution in [2.24, 2.45) is 0 Å². The minimum atomic E-state index is -0.00941. The SMILES string of the molecule is Cc1ccc(CNc2cc(C(=O)N(C)CCc3ccncc3)ccn2)cc1. The van der Waals surface area contributed by atoms with Crippen molar-refractivity contribution in [3.8, 4) is 0 Å². The lowest BCUT2D eigenvalue weighted by Crippen LogP contribution is -2.29. The number of benzene rings is 1. The molecule has 0 aliphatic heterocycles. The van der Waals surface area contributed by atoms with E-state index < -0.39 is 0 Å². The molecule has 5 nitrogen and oxygen atoms in total. The highest BCUT2D eigenvalue weighted by Crippen LogP contribution is 2.12. The van der Waals surface area contributed by atoms with Gasteiger partial charge in [-0.3, -0.25) is 9.78 Å². The van der Waals surface area contributed by atoms with Crippen LogP contribution in [0.1, 0.15) is 27.0 Å². The summed E-state index contributed by atoms with van der Waals surface area (Å²) in [6, 6.07) is 15.8.